The number of carboxylic acid groups (broad SMARTS) is 1. The predicted molar refractivity (Wildman–Crippen MR) is 127 cm³/mol. The molecule has 2 atom stereocenters. The molecule has 1 amide bonds. The molecule has 2 aromatic rings. The number of hydrogen-bond acceptors (Lipinski definition) is 6. The molecular weight excluding hydrogens is 436 g/mol. The van der Waals surface area contributed by atoms with Gasteiger partial charge in [-0.2, -0.15) is 0 Å². The standard InChI is InChI=1S/C26H32N2O6/c1-26(2,3)34-24(31)22(33-25(32)28-20(23(29)30)14-8-9-15-27)21-18-12-6-4-10-16(18)17-11-5-7-13-19(17)21/h4-7,10-13,20-22H,8-9,14-15,27H2,1-3H3,(H,28,32)(H,29,30)/t20-,22?/m0/s1. The van der Waals surface area contributed by atoms with E-state index >= 15 is 0 Å². The number of ether oxygens (including phenoxy) is 2. The van der Waals surface area contributed by atoms with Crippen molar-refractivity contribution in [2.45, 2.75) is 63.7 Å². The lowest BCUT2D eigenvalue weighted by Gasteiger charge is -2.28. The van der Waals surface area contributed by atoms with E-state index in [4.69, 9.17) is 15.2 Å². The van der Waals surface area contributed by atoms with E-state index in [1.54, 1.807) is 20.8 Å². The van der Waals surface area contributed by atoms with Crippen LogP contribution in [0.15, 0.2) is 48.5 Å². The molecule has 4 N–H and O–H groups in total. The van der Waals surface area contributed by atoms with Crippen LogP contribution in [0.4, 0.5) is 4.79 Å². The summed E-state index contributed by atoms with van der Waals surface area (Å²) < 4.78 is 11.2. The van der Waals surface area contributed by atoms with E-state index in [1.807, 2.05) is 48.5 Å². The van der Waals surface area contributed by atoms with Gasteiger partial charge >= 0.3 is 18.0 Å². The molecule has 0 fully saturated rings. The molecule has 0 radical (unpaired) electrons. The Morgan fingerprint density at radius 2 is 1.56 bits per heavy atom. The van der Waals surface area contributed by atoms with Crippen LogP contribution < -0.4 is 11.1 Å². The number of alkyl carbamates (subject to hydrolysis) is 1. The van der Waals surface area contributed by atoms with Crippen molar-refractivity contribution in [2.75, 3.05) is 6.54 Å². The number of esters is 1. The number of carbonyl (C=O) groups excluding carboxylic acids is 2. The zero-order chi connectivity index (χ0) is 24.9. The molecule has 1 aliphatic carbocycles. The molecule has 3 rings (SSSR count). The summed E-state index contributed by atoms with van der Waals surface area (Å²) in [5.41, 5.74) is 8.25. The van der Waals surface area contributed by atoms with Gasteiger partial charge in [0, 0.05) is 0 Å². The maximum absolute atomic E-state index is 13.3. The highest BCUT2D eigenvalue weighted by Crippen LogP contribution is 2.47. The number of fused-ring (bicyclic) bond motifs is 3. The van der Waals surface area contributed by atoms with E-state index in [2.05, 4.69) is 5.32 Å². The minimum absolute atomic E-state index is 0.202. The third-order valence-electron chi connectivity index (χ3n) is 5.59. The Kier molecular flexibility index (Phi) is 7.94. The third kappa shape index (κ3) is 5.94. The van der Waals surface area contributed by atoms with Crippen molar-refractivity contribution in [3.8, 4) is 11.1 Å². The summed E-state index contributed by atoms with van der Waals surface area (Å²) in [5.74, 6) is -2.47. The molecule has 0 saturated heterocycles. The molecule has 0 bridgehead atoms. The third-order valence-corrected chi connectivity index (χ3v) is 5.59. The van der Waals surface area contributed by atoms with Gasteiger partial charge in [0.15, 0.2) is 0 Å². The van der Waals surface area contributed by atoms with Gasteiger partial charge in [-0.15, -0.1) is 0 Å². The number of carbonyl (C=O) groups is 3. The molecule has 0 heterocycles. The lowest BCUT2D eigenvalue weighted by Crippen LogP contribution is -2.45. The lowest BCUT2D eigenvalue weighted by molar-refractivity contribution is -0.165. The molecule has 8 heteroatoms. The van der Waals surface area contributed by atoms with E-state index in [-0.39, 0.29) is 6.42 Å². The van der Waals surface area contributed by atoms with Gasteiger partial charge in [-0.05, 0) is 68.8 Å². The SMILES string of the molecule is CC(C)(C)OC(=O)C(OC(=O)N[C@@H](CCCCN)C(=O)O)C1c2ccccc2-c2ccccc21. The number of benzene rings is 2. The lowest BCUT2D eigenvalue weighted by atomic mass is 9.91. The van der Waals surface area contributed by atoms with Crippen LogP contribution in [-0.2, 0) is 19.1 Å². The van der Waals surface area contributed by atoms with Crippen LogP contribution in [-0.4, -0.2) is 47.4 Å². The van der Waals surface area contributed by atoms with E-state index in [9.17, 15) is 19.5 Å². The molecule has 2 aromatic carbocycles. The molecule has 0 aromatic heterocycles. The summed E-state index contributed by atoms with van der Waals surface area (Å²) in [6.07, 6.45) is -0.919. The van der Waals surface area contributed by atoms with Gasteiger partial charge in [0.25, 0.3) is 0 Å². The van der Waals surface area contributed by atoms with Crippen molar-refractivity contribution in [1.29, 1.82) is 0 Å². The largest absolute Gasteiger partial charge is 0.480 e. The minimum Gasteiger partial charge on any atom is -0.480 e. The number of nitrogens with two attached hydrogens (primary N) is 1. The number of nitrogens with one attached hydrogen (secondary N) is 1. The monoisotopic (exact) mass is 468 g/mol. The summed E-state index contributed by atoms with van der Waals surface area (Å²) in [4.78, 5) is 37.7. The van der Waals surface area contributed by atoms with Gasteiger partial charge in [-0.3, -0.25) is 0 Å². The number of amides is 1. The predicted octanol–water partition coefficient (Wildman–Crippen LogP) is 3.82. The van der Waals surface area contributed by atoms with Crippen molar-refractivity contribution in [1.82, 2.24) is 5.32 Å². The zero-order valence-corrected chi connectivity index (χ0v) is 19.7. The first-order valence-corrected chi connectivity index (χ1v) is 11.4. The average molecular weight is 469 g/mol. The van der Waals surface area contributed by atoms with Crippen LogP contribution in [0.3, 0.4) is 0 Å². The normalized spacial score (nSPS) is 14.5. The minimum atomic E-state index is -1.30. The van der Waals surface area contributed by atoms with Gasteiger partial charge < -0.3 is 25.6 Å². The van der Waals surface area contributed by atoms with Gasteiger partial charge in [0.2, 0.25) is 6.10 Å². The van der Waals surface area contributed by atoms with E-state index in [0.29, 0.717) is 19.4 Å². The van der Waals surface area contributed by atoms with Crippen molar-refractivity contribution >= 4 is 18.0 Å². The van der Waals surface area contributed by atoms with E-state index < -0.39 is 41.7 Å². The molecule has 0 aliphatic heterocycles. The molecule has 182 valence electrons. The Labute approximate surface area is 199 Å². The first-order valence-electron chi connectivity index (χ1n) is 11.4. The van der Waals surface area contributed by atoms with Crippen LogP contribution in [0.2, 0.25) is 0 Å². The molecule has 1 unspecified atom stereocenters. The van der Waals surface area contributed by atoms with Crippen molar-refractivity contribution < 1.29 is 29.0 Å². The number of unbranched alkanes of at least 4 members (excludes halogenated alkanes) is 1. The smallest absolute Gasteiger partial charge is 0.408 e. The van der Waals surface area contributed by atoms with Crippen LogP contribution >= 0.6 is 0 Å². The fourth-order valence-corrected chi connectivity index (χ4v) is 4.17. The summed E-state index contributed by atoms with van der Waals surface area (Å²) in [5, 5.41) is 11.9. The maximum Gasteiger partial charge on any atom is 0.408 e. The maximum atomic E-state index is 13.3. The molecule has 0 saturated carbocycles. The zero-order valence-electron chi connectivity index (χ0n) is 19.7. The second-order valence-corrected chi connectivity index (χ2v) is 9.33. The molecule has 8 nitrogen and oxygen atoms in total. The van der Waals surface area contributed by atoms with Gasteiger partial charge in [-0.25, -0.2) is 14.4 Å². The number of hydrogen-bond donors (Lipinski definition) is 3. The van der Waals surface area contributed by atoms with Crippen LogP contribution in [0.25, 0.3) is 11.1 Å². The van der Waals surface area contributed by atoms with Gasteiger partial charge in [0.1, 0.15) is 11.6 Å². The van der Waals surface area contributed by atoms with Gasteiger partial charge in [0.05, 0.1) is 5.92 Å². The van der Waals surface area contributed by atoms with E-state index in [1.165, 1.54) is 0 Å². The Bertz CT molecular complexity index is 1000. The Morgan fingerprint density at radius 3 is 2.06 bits per heavy atom. The summed E-state index contributed by atoms with van der Waals surface area (Å²) in [7, 11) is 0. The quantitative estimate of drug-likeness (QED) is 0.377. The van der Waals surface area contributed by atoms with Crippen LogP contribution in [0.1, 0.15) is 57.1 Å². The Morgan fingerprint density at radius 1 is 1.00 bits per heavy atom. The highest BCUT2D eigenvalue weighted by atomic mass is 16.6. The Balaban J connectivity index is 1.92. The van der Waals surface area contributed by atoms with Crippen molar-refractivity contribution in [2.24, 2.45) is 5.73 Å². The highest BCUT2D eigenvalue weighted by molar-refractivity contribution is 5.87. The number of aliphatic carboxylic acids is 1. The fraction of sp³-hybridized carbons (Fsp3) is 0.423. The summed E-state index contributed by atoms with van der Waals surface area (Å²) >= 11 is 0. The summed E-state index contributed by atoms with van der Waals surface area (Å²) in [6.45, 7) is 5.63. The fourth-order valence-electron chi connectivity index (χ4n) is 4.17. The first-order chi connectivity index (χ1) is 16.1. The number of carboxylic acids is 1. The first kappa shape index (κ1) is 25.2. The second kappa shape index (κ2) is 10.7. The molecule has 34 heavy (non-hydrogen) atoms. The summed E-state index contributed by atoms with van der Waals surface area (Å²) in [6, 6.07) is 14.1. The second-order valence-electron chi connectivity index (χ2n) is 9.33. The average Bonchev–Trinajstić information content (AvgIpc) is 3.10. The molecule has 0 spiro atoms. The topological polar surface area (TPSA) is 128 Å². The highest BCUT2D eigenvalue weighted by Gasteiger charge is 2.42. The van der Waals surface area contributed by atoms with Crippen molar-refractivity contribution in [3.63, 3.8) is 0 Å². The van der Waals surface area contributed by atoms with Crippen molar-refractivity contribution in [3.05, 3.63) is 59.7 Å². The van der Waals surface area contributed by atoms with E-state index in [0.717, 1.165) is 22.3 Å². The van der Waals surface area contributed by atoms with Crippen LogP contribution in [0, 0.1) is 0 Å². The molecular formula is C26H32N2O6. The Hall–Kier alpha value is -3.39. The van der Waals surface area contributed by atoms with Crippen LogP contribution in [0.5, 0.6) is 0 Å². The van der Waals surface area contributed by atoms with Gasteiger partial charge in [-0.1, -0.05) is 48.5 Å². The number of rotatable bonds is 9. The molecule has 1 aliphatic rings.